The average molecular weight is 726 g/mol. The van der Waals surface area contributed by atoms with Gasteiger partial charge in [0.25, 0.3) is 0 Å². The van der Waals surface area contributed by atoms with Crippen molar-refractivity contribution >= 4 is 54.6 Å². The number of furan rings is 2. The van der Waals surface area contributed by atoms with Crippen LogP contribution in [0.15, 0.2) is 148 Å². The van der Waals surface area contributed by atoms with Crippen LogP contribution in [0.3, 0.4) is 0 Å². The highest BCUT2D eigenvalue weighted by molar-refractivity contribution is 6.13. The lowest BCUT2D eigenvalue weighted by molar-refractivity contribution is 0.332. The van der Waals surface area contributed by atoms with E-state index in [4.69, 9.17) is 23.8 Å². The molecule has 0 spiro atoms. The van der Waals surface area contributed by atoms with Gasteiger partial charge in [-0.3, -0.25) is 0 Å². The van der Waals surface area contributed by atoms with Crippen molar-refractivity contribution in [2.45, 2.75) is 51.4 Å². The Morgan fingerprint density at radius 3 is 1.79 bits per heavy atom. The van der Waals surface area contributed by atoms with Gasteiger partial charge >= 0.3 is 0 Å². The quantitative estimate of drug-likeness (QED) is 0.181. The molecule has 10 aromatic rings. The minimum atomic E-state index is 0.119. The van der Waals surface area contributed by atoms with Crippen LogP contribution in [0.2, 0.25) is 0 Å². The summed E-state index contributed by atoms with van der Waals surface area (Å²) in [7, 11) is 0. The molecule has 56 heavy (non-hydrogen) atoms. The lowest BCUT2D eigenvalue weighted by Gasteiger charge is -2.42. The van der Waals surface area contributed by atoms with E-state index in [-0.39, 0.29) is 10.8 Å². The number of hydrogen-bond acceptors (Lipinski definition) is 5. The highest BCUT2D eigenvalue weighted by Crippen LogP contribution is 2.48. The van der Waals surface area contributed by atoms with Gasteiger partial charge in [0, 0.05) is 38.2 Å². The molecular formula is C51H39N3O2. The van der Waals surface area contributed by atoms with Crippen molar-refractivity contribution in [3.05, 3.63) is 151 Å². The summed E-state index contributed by atoms with van der Waals surface area (Å²) in [4.78, 5) is 15.5. The van der Waals surface area contributed by atoms with Gasteiger partial charge in [-0.05, 0) is 93.1 Å². The lowest BCUT2D eigenvalue weighted by atomic mass is 9.63. The van der Waals surface area contributed by atoms with Crippen LogP contribution >= 0.6 is 0 Å². The molecule has 7 aromatic carbocycles. The number of para-hydroxylation sites is 1. The third kappa shape index (κ3) is 5.11. The van der Waals surface area contributed by atoms with Crippen LogP contribution in [-0.4, -0.2) is 15.0 Å². The normalized spacial score (nSPS) is 14.9. The molecule has 3 aromatic heterocycles. The van der Waals surface area contributed by atoms with E-state index in [0.717, 1.165) is 71.3 Å². The Hall–Kier alpha value is -6.59. The predicted molar refractivity (Wildman–Crippen MR) is 229 cm³/mol. The van der Waals surface area contributed by atoms with Gasteiger partial charge in [0.15, 0.2) is 17.5 Å². The summed E-state index contributed by atoms with van der Waals surface area (Å²) in [5.41, 5.74) is 11.5. The molecule has 0 fully saturated rings. The van der Waals surface area contributed by atoms with E-state index >= 15 is 0 Å². The van der Waals surface area contributed by atoms with Crippen LogP contribution in [0, 0.1) is 0 Å². The van der Waals surface area contributed by atoms with Crippen LogP contribution in [-0.2, 0) is 10.8 Å². The van der Waals surface area contributed by atoms with Crippen LogP contribution in [0.25, 0.3) is 99.9 Å². The second-order valence-electron chi connectivity index (χ2n) is 16.7. The topological polar surface area (TPSA) is 65.0 Å². The van der Waals surface area contributed by atoms with Crippen molar-refractivity contribution in [1.29, 1.82) is 0 Å². The lowest BCUT2D eigenvalue weighted by Crippen LogP contribution is -2.33. The van der Waals surface area contributed by atoms with Gasteiger partial charge in [-0.1, -0.05) is 131 Å². The predicted octanol–water partition coefficient (Wildman–Crippen LogP) is 13.8. The van der Waals surface area contributed by atoms with Crippen molar-refractivity contribution in [2.24, 2.45) is 0 Å². The van der Waals surface area contributed by atoms with E-state index in [1.807, 2.05) is 30.3 Å². The van der Waals surface area contributed by atoms with Gasteiger partial charge in [-0.2, -0.15) is 0 Å². The zero-order chi connectivity index (χ0) is 37.8. The van der Waals surface area contributed by atoms with Crippen LogP contribution in [0.4, 0.5) is 0 Å². The molecule has 0 N–H and O–H groups in total. The monoisotopic (exact) mass is 725 g/mol. The van der Waals surface area contributed by atoms with Crippen molar-refractivity contribution < 1.29 is 8.83 Å². The molecule has 5 heteroatoms. The third-order valence-corrected chi connectivity index (χ3v) is 12.2. The van der Waals surface area contributed by atoms with E-state index < -0.39 is 0 Å². The average Bonchev–Trinajstić information content (AvgIpc) is 3.80. The molecule has 0 saturated heterocycles. The summed E-state index contributed by atoms with van der Waals surface area (Å²) >= 11 is 0. The molecular weight excluding hydrogens is 687 g/mol. The molecule has 270 valence electrons. The van der Waals surface area contributed by atoms with Gasteiger partial charge in [-0.25, -0.2) is 15.0 Å². The van der Waals surface area contributed by atoms with E-state index in [0.29, 0.717) is 17.5 Å². The van der Waals surface area contributed by atoms with Gasteiger partial charge in [0.05, 0.1) is 0 Å². The first-order valence-electron chi connectivity index (χ1n) is 19.5. The summed E-state index contributed by atoms with van der Waals surface area (Å²) in [5.74, 6) is 1.76. The molecule has 1 aliphatic rings. The maximum absolute atomic E-state index is 6.65. The smallest absolute Gasteiger partial charge is 0.164 e. The SMILES string of the molecule is CC1(C)CCC(C)(C)c2cc(-c3cccc4oc5cc(-c6nc(-c7ccc8ccccc8c7)nc(-c7cccc8oc9ccccc9c78)n6)ccc5c34)ccc21. The maximum atomic E-state index is 6.65. The molecule has 3 heterocycles. The summed E-state index contributed by atoms with van der Waals surface area (Å²) in [6, 6.07) is 48.8. The van der Waals surface area contributed by atoms with E-state index in [1.165, 1.54) is 35.1 Å². The molecule has 5 nitrogen and oxygen atoms in total. The summed E-state index contributed by atoms with van der Waals surface area (Å²) in [6.07, 6.45) is 2.37. The molecule has 0 amide bonds. The van der Waals surface area contributed by atoms with Crippen LogP contribution in [0.5, 0.6) is 0 Å². The number of fused-ring (bicyclic) bond motifs is 8. The fourth-order valence-electron chi connectivity index (χ4n) is 9.01. The summed E-state index contributed by atoms with van der Waals surface area (Å²) in [5, 5.41) is 6.49. The number of aromatic nitrogens is 3. The van der Waals surface area contributed by atoms with Crippen molar-refractivity contribution in [3.63, 3.8) is 0 Å². The van der Waals surface area contributed by atoms with Gasteiger partial charge < -0.3 is 8.83 Å². The molecule has 0 atom stereocenters. The number of benzene rings is 7. The van der Waals surface area contributed by atoms with Crippen LogP contribution in [0.1, 0.15) is 51.7 Å². The Kier molecular flexibility index (Phi) is 7.00. The summed E-state index contributed by atoms with van der Waals surface area (Å²) < 4.78 is 12.9. The van der Waals surface area contributed by atoms with Crippen molar-refractivity contribution in [2.75, 3.05) is 0 Å². The first kappa shape index (κ1) is 32.8. The molecule has 0 radical (unpaired) electrons. The third-order valence-electron chi connectivity index (χ3n) is 12.2. The minimum absolute atomic E-state index is 0.119. The Labute approximate surface area is 324 Å². The second kappa shape index (κ2) is 12.0. The zero-order valence-corrected chi connectivity index (χ0v) is 31.9. The summed E-state index contributed by atoms with van der Waals surface area (Å²) in [6.45, 7) is 9.53. The second-order valence-corrected chi connectivity index (χ2v) is 16.7. The van der Waals surface area contributed by atoms with E-state index in [1.54, 1.807) is 0 Å². The van der Waals surface area contributed by atoms with Crippen molar-refractivity contribution in [3.8, 4) is 45.3 Å². The minimum Gasteiger partial charge on any atom is -0.456 e. The molecule has 1 aliphatic carbocycles. The zero-order valence-electron chi connectivity index (χ0n) is 31.9. The van der Waals surface area contributed by atoms with Gasteiger partial charge in [0.1, 0.15) is 22.3 Å². The number of rotatable bonds is 4. The van der Waals surface area contributed by atoms with E-state index in [2.05, 4.69) is 137 Å². The Bertz CT molecular complexity index is 3220. The number of hydrogen-bond donors (Lipinski definition) is 0. The fraction of sp³-hybridized carbons (Fsp3) is 0.157. The van der Waals surface area contributed by atoms with E-state index in [9.17, 15) is 0 Å². The molecule has 0 aliphatic heterocycles. The number of nitrogens with zero attached hydrogens (tertiary/aromatic N) is 3. The Morgan fingerprint density at radius 1 is 0.411 bits per heavy atom. The Morgan fingerprint density at radius 2 is 0.982 bits per heavy atom. The molecule has 0 saturated carbocycles. The Balaban J connectivity index is 1.09. The maximum Gasteiger partial charge on any atom is 0.164 e. The fourth-order valence-corrected chi connectivity index (χ4v) is 9.01. The highest BCUT2D eigenvalue weighted by atomic mass is 16.3. The molecule has 0 unspecified atom stereocenters. The van der Waals surface area contributed by atoms with Crippen molar-refractivity contribution in [1.82, 2.24) is 15.0 Å². The van der Waals surface area contributed by atoms with Gasteiger partial charge in [-0.15, -0.1) is 0 Å². The first-order chi connectivity index (χ1) is 27.2. The largest absolute Gasteiger partial charge is 0.456 e. The van der Waals surface area contributed by atoms with Gasteiger partial charge in [0.2, 0.25) is 0 Å². The first-order valence-corrected chi connectivity index (χ1v) is 19.5. The highest BCUT2D eigenvalue weighted by Gasteiger charge is 2.37. The molecule has 0 bridgehead atoms. The van der Waals surface area contributed by atoms with Crippen LogP contribution < -0.4 is 0 Å². The molecule has 11 rings (SSSR count). The standard InChI is InChI=1S/C51H39N3O2/c1-50(2)25-26-51(3,4)40-28-32(22-24-39(40)50)35-14-9-17-42-45(35)37-23-21-34(29-44(37)56-42)48-52-47(33-20-19-30-11-5-6-12-31(30)27-33)53-49(54-48)38-15-10-18-43-46(38)36-13-7-8-16-41(36)55-43/h5-24,27-29H,25-26H2,1-4H3.